The summed E-state index contributed by atoms with van der Waals surface area (Å²) >= 11 is 0. The Morgan fingerprint density at radius 3 is 1.90 bits per heavy atom. The molecule has 2 N–H and O–H groups in total. The van der Waals surface area contributed by atoms with Crippen molar-refractivity contribution in [1.82, 2.24) is 20.2 Å². The zero-order valence-corrected chi connectivity index (χ0v) is 35.4. The maximum Gasteiger partial charge on any atom is 0.408 e. The molecule has 3 aliphatic heterocycles. The molecule has 14 nitrogen and oxygen atoms in total. The third kappa shape index (κ3) is 8.74. The molecule has 3 fully saturated rings. The highest BCUT2D eigenvalue weighted by molar-refractivity contribution is 5.87. The number of nitrogens with zero attached hydrogens (tertiary/aromatic N) is 2. The second-order valence-corrected chi connectivity index (χ2v) is 16.6. The van der Waals surface area contributed by atoms with Crippen LogP contribution < -0.4 is 10.6 Å². The summed E-state index contributed by atoms with van der Waals surface area (Å²) in [5.74, 6) is -3.40. The van der Waals surface area contributed by atoms with Crippen LogP contribution in [0.5, 0.6) is 0 Å². The fraction of sp³-hybridized carbons (Fsp3) is 0.375. The zero-order valence-electron chi connectivity index (χ0n) is 35.4. The Hall–Kier alpha value is -5.90. The summed E-state index contributed by atoms with van der Waals surface area (Å²) in [5.41, 5.74) is 1.48. The molecule has 0 bridgehead atoms. The monoisotopic (exact) mass is 844 g/mol. The molecule has 5 aromatic rings. The van der Waals surface area contributed by atoms with Crippen molar-refractivity contribution in [3.05, 3.63) is 162 Å². The SMILES string of the molecule is COC(=O)C[C@@]1(NC(=O)[C@H](Cc2cn(C(c3ccccc3)(c3ccccc3)c3ccccc3)cn2)NC(=O)OCc2ccccc2)O[C@@H]([C@@H]2COC(C)(C)O2)[C@H]2OC(C)(C)O[C@H]21. The van der Waals surface area contributed by atoms with Gasteiger partial charge in [0.05, 0.1) is 32.2 Å². The highest BCUT2D eigenvalue weighted by Gasteiger charge is 2.67. The number of carbonyl (C=O) groups is 3. The largest absolute Gasteiger partial charge is 0.469 e. The predicted octanol–water partition coefficient (Wildman–Crippen LogP) is 6.01. The molecular weight excluding hydrogens is 793 g/mol. The van der Waals surface area contributed by atoms with E-state index in [1.807, 2.05) is 95.7 Å². The number of aromatic nitrogens is 2. The number of hydrogen-bond donors (Lipinski definition) is 2. The fourth-order valence-corrected chi connectivity index (χ4v) is 8.76. The van der Waals surface area contributed by atoms with E-state index in [1.54, 1.807) is 34.0 Å². The Morgan fingerprint density at radius 1 is 0.774 bits per heavy atom. The summed E-state index contributed by atoms with van der Waals surface area (Å²) in [4.78, 5) is 46.6. The molecule has 4 heterocycles. The molecule has 8 rings (SSSR count). The van der Waals surface area contributed by atoms with Crippen molar-refractivity contribution < 1.29 is 47.5 Å². The van der Waals surface area contributed by atoms with Gasteiger partial charge in [0.15, 0.2) is 17.3 Å². The number of benzene rings is 4. The third-order valence-electron chi connectivity index (χ3n) is 11.5. The second-order valence-electron chi connectivity index (χ2n) is 16.6. The molecule has 0 saturated carbocycles. The molecule has 3 saturated heterocycles. The Morgan fingerprint density at radius 2 is 1.35 bits per heavy atom. The van der Waals surface area contributed by atoms with E-state index in [2.05, 4.69) is 47.0 Å². The standard InChI is InChI=1S/C48H52N4O10/c1-45(2)58-30-38(59-45)40-41-42(62-46(3,4)60-41)47(61-40,27-39(53)56-5)51-43(54)37(50-44(55)57-29-32-18-10-6-11-19-32)26-36-28-52(31-49-36)48(33-20-12-7-13-21-33,34-22-14-8-15-23-34)35-24-16-9-17-25-35/h6-25,28,31,37-38,40-42H,26-27,29-30H2,1-5H3,(H,50,55)(H,51,54)/t37-,38-,40-,41+,42+,47+/m0/s1. The van der Waals surface area contributed by atoms with Crippen molar-refractivity contribution in [3.8, 4) is 0 Å². The summed E-state index contributed by atoms with van der Waals surface area (Å²) in [6.45, 7) is 7.20. The zero-order chi connectivity index (χ0) is 43.5. The lowest BCUT2D eigenvalue weighted by molar-refractivity contribution is -0.235. The molecule has 324 valence electrons. The van der Waals surface area contributed by atoms with E-state index in [0.717, 1.165) is 22.3 Å². The van der Waals surface area contributed by atoms with Gasteiger partial charge in [-0.2, -0.15) is 0 Å². The van der Waals surface area contributed by atoms with Gasteiger partial charge in [-0.25, -0.2) is 9.78 Å². The number of alkyl carbamates (subject to hydrolysis) is 1. The molecule has 4 aromatic carbocycles. The minimum absolute atomic E-state index is 0.0374. The lowest BCUT2D eigenvalue weighted by atomic mass is 9.77. The first kappa shape index (κ1) is 42.8. The van der Waals surface area contributed by atoms with E-state index in [4.69, 9.17) is 38.1 Å². The van der Waals surface area contributed by atoms with Gasteiger partial charge in [-0.1, -0.05) is 121 Å². The van der Waals surface area contributed by atoms with E-state index in [0.29, 0.717) is 5.69 Å². The molecule has 0 radical (unpaired) electrons. The van der Waals surface area contributed by atoms with Gasteiger partial charge in [0.1, 0.15) is 42.6 Å². The van der Waals surface area contributed by atoms with E-state index in [1.165, 1.54) is 7.11 Å². The van der Waals surface area contributed by atoms with Crippen molar-refractivity contribution in [3.63, 3.8) is 0 Å². The van der Waals surface area contributed by atoms with Crippen LogP contribution in [0, 0.1) is 0 Å². The number of carbonyl (C=O) groups excluding carboxylic acids is 3. The van der Waals surface area contributed by atoms with Crippen molar-refractivity contribution >= 4 is 18.0 Å². The van der Waals surface area contributed by atoms with E-state index >= 15 is 0 Å². The Bertz CT molecular complexity index is 2230. The Kier molecular flexibility index (Phi) is 12.0. The number of rotatable bonds is 14. The summed E-state index contributed by atoms with van der Waals surface area (Å²) < 4.78 is 44.3. The Balaban J connectivity index is 1.16. The number of hydrogen-bond acceptors (Lipinski definition) is 11. The molecule has 62 heavy (non-hydrogen) atoms. The fourth-order valence-electron chi connectivity index (χ4n) is 8.76. The molecule has 0 aliphatic carbocycles. The Labute approximate surface area is 360 Å². The molecule has 14 heteroatoms. The van der Waals surface area contributed by atoms with Crippen LogP contribution in [-0.2, 0) is 61.3 Å². The molecule has 3 aliphatic rings. The number of ether oxygens (including phenoxy) is 7. The first-order valence-corrected chi connectivity index (χ1v) is 20.7. The van der Waals surface area contributed by atoms with Gasteiger partial charge in [-0.05, 0) is 49.9 Å². The average molecular weight is 845 g/mol. The summed E-state index contributed by atoms with van der Waals surface area (Å²) in [6.07, 6.45) is -0.995. The van der Waals surface area contributed by atoms with Crippen LogP contribution in [0.25, 0.3) is 0 Å². The number of esters is 1. The number of amides is 2. The van der Waals surface area contributed by atoms with Crippen molar-refractivity contribution in [2.75, 3.05) is 13.7 Å². The van der Waals surface area contributed by atoms with Crippen molar-refractivity contribution in [2.45, 2.75) is 100 Å². The highest BCUT2D eigenvalue weighted by atomic mass is 16.8. The maximum absolute atomic E-state index is 14.9. The smallest absolute Gasteiger partial charge is 0.408 e. The molecular formula is C48H52N4O10. The van der Waals surface area contributed by atoms with Crippen LogP contribution in [0.2, 0.25) is 0 Å². The van der Waals surface area contributed by atoms with E-state index < -0.39 is 77.7 Å². The van der Waals surface area contributed by atoms with Gasteiger partial charge >= 0.3 is 12.1 Å². The quantitative estimate of drug-likeness (QED) is 0.0998. The second kappa shape index (κ2) is 17.5. The summed E-state index contributed by atoms with van der Waals surface area (Å²) in [6, 6.07) is 38.2. The lowest BCUT2D eigenvalue weighted by Gasteiger charge is -2.37. The van der Waals surface area contributed by atoms with Crippen LogP contribution in [0.1, 0.15) is 62.1 Å². The highest BCUT2D eigenvalue weighted by Crippen LogP contribution is 2.47. The molecule has 6 atom stereocenters. The van der Waals surface area contributed by atoms with E-state index in [9.17, 15) is 14.4 Å². The maximum atomic E-state index is 14.9. The minimum atomic E-state index is -1.82. The number of nitrogens with one attached hydrogen (secondary N) is 2. The van der Waals surface area contributed by atoms with Gasteiger partial charge < -0.3 is 48.4 Å². The van der Waals surface area contributed by atoms with Crippen LogP contribution in [0.4, 0.5) is 4.79 Å². The summed E-state index contributed by atoms with van der Waals surface area (Å²) in [7, 11) is 1.25. The molecule has 0 spiro atoms. The lowest BCUT2D eigenvalue weighted by Crippen LogP contribution is -2.62. The molecule has 2 amide bonds. The van der Waals surface area contributed by atoms with Crippen LogP contribution in [-0.4, -0.2) is 89.0 Å². The average Bonchev–Trinajstić information content (AvgIpc) is 4.04. The van der Waals surface area contributed by atoms with Gasteiger partial charge in [0.25, 0.3) is 0 Å². The van der Waals surface area contributed by atoms with Crippen molar-refractivity contribution in [2.24, 2.45) is 0 Å². The normalized spacial score (nSPS) is 24.1. The van der Waals surface area contributed by atoms with Crippen LogP contribution >= 0.6 is 0 Å². The van der Waals surface area contributed by atoms with Crippen LogP contribution in [0.15, 0.2) is 134 Å². The van der Waals surface area contributed by atoms with Crippen molar-refractivity contribution in [1.29, 1.82) is 0 Å². The number of imidazole rings is 1. The minimum Gasteiger partial charge on any atom is -0.469 e. The predicted molar refractivity (Wildman–Crippen MR) is 225 cm³/mol. The molecule has 0 unspecified atom stereocenters. The number of fused-ring (bicyclic) bond motifs is 1. The number of methoxy groups -OCH3 is 1. The van der Waals surface area contributed by atoms with Gasteiger partial charge in [-0.3, -0.25) is 9.59 Å². The first-order chi connectivity index (χ1) is 29.8. The van der Waals surface area contributed by atoms with Gasteiger partial charge in [0, 0.05) is 12.6 Å². The van der Waals surface area contributed by atoms with Gasteiger partial charge in [0.2, 0.25) is 5.91 Å². The third-order valence-corrected chi connectivity index (χ3v) is 11.5. The summed E-state index contributed by atoms with van der Waals surface area (Å²) in [5, 5.41) is 5.77. The van der Waals surface area contributed by atoms with Crippen LogP contribution in [0.3, 0.4) is 0 Å². The first-order valence-electron chi connectivity index (χ1n) is 20.7. The van der Waals surface area contributed by atoms with Gasteiger partial charge in [-0.15, -0.1) is 0 Å². The van der Waals surface area contributed by atoms with E-state index in [-0.39, 0.29) is 19.6 Å². The topological polar surface area (TPSA) is 158 Å². The molecule has 1 aromatic heterocycles.